The molecular weight excluding hydrogens is 563 g/mol. The Kier molecular flexibility index (Phi) is 10.3. The number of nitrogens with zero attached hydrogens (tertiary/aromatic N) is 3. The maximum Gasteiger partial charge on any atom is 0.416 e. The molecule has 3 aromatic rings. The fourth-order valence-electron chi connectivity index (χ4n) is 4.79. The zero-order valence-corrected chi connectivity index (χ0v) is 24.3. The molecule has 0 saturated carbocycles. The van der Waals surface area contributed by atoms with Crippen molar-refractivity contribution in [3.63, 3.8) is 0 Å². The van der Waals surface area contributed by atoms with Crippen LogP contribution in [0.15, 0.2) is 67.0 Å². The second-order valence-corrected chi connectivity index (χ2v) is 10.7. The second kappa shape index (κ2) is 13.9. The van der Waals surface area contributed by atoms with Crippen LogP contribution in [-0.4, -0.2) is 65.8 Å². The molecule has 0 saturated heterocycles. The van der Waals surface area contributed by atoms with Crippen molar-refractivity contribution < 1.29 is 32.6 Å². The first kappa shape index (κ1) is 31.8. The van der Waals surface area contributed by atoms with Gasteiger partial charge >= 0.3 is 12.2 Å². The number of nitrogens with one attached hydrogen (secondary N) is 2. The highest BCUT2D eigenvalue weighted by molar-refractivity contribution is 6.01. The Balaban J connectivity index is 1.55. The van der Waals surface area contributed by atoms with Crippen LogP contribution < -0.4 is 20.3 Å². The number of carbonyl (C=O) groups excluding carboxylic acids is 2. The van der Waals surface area contributed by atoms with E-state index in [2.05, 4.69) is 15.6 Å². The zero-order chi connectivity index (χ0) is 31.1. The Morgan fingerprint density at radius 2 is 1.86 bits per heavy atom. The number of alkyl halides is 3. The standard InChI is InChI=1S/C31H36F3N5O4/c1-20-18-39(21(2)19-40)29(41)15-23-14-26(38(3)30(42)37-25-6-4-24(5-7-25)31(32,33)34)8-9-27(23)43-28(20)17-36-16-22-10-12-35-13-11-22/h4-14,20-21,28,36,40H,15-19H2,1-3H3,(H,37,42). The summed E-state index contributed by atoms with van der Waals surface area (Å²) in [6.07, 6.45) is -1.34. The van der Waals surface area contributed by atoms with E-state index in [4.69, 9.17) is 4.74 Å². The molecule has 0 bridgehead atoms. The van der Waals surface area contributed by atoms with E-state index >= 15 is 0 Å². The molecule has 2 aromatic carbocycles. The molecule has 0 radical (unpaired) electrons. The first-order chi connectivity index (χ1) is 20.5. The van der Waals surface area contributed by atoms with Crippen molar-refractivity contribution in [3.05, 3.63) is 83.7 Å². The van der Waals surface area contributed by atoms with Crippen molar-refractivity contribution in [2.45, 2.75) is 45.1 Å². The first-order valence-electron chi connectivity index (χ1n) is 14.0. The van der Waals surface area contributed by atoms with Crippen LogP contribution in [-0.2, 0) is 23.9 Å². The summed E-state index contributed by atoms with van der Waals surface area (Å²) in [5, 5.41) is 15.9. The fourth-order valence-corrected chi connectivity index (χ4v) is 4.79. The SMILES string of the molecule is CC1CN(C(C)CO)C(=O)Cc2cc(N(C)C(=O)Nc3ccc(C(F)(F)F)cc3)ccc2OC1CNCc1ccncc1. The molecule has 2 heterocycles. The van der Waals surface area contributed by atoms with Crippen LogP contribution in [0.1, 0.15) is 30.5 Å². The van der Waals surface area contributed by atoms with Crippen molar-refractivity contribution in [1.82, 2.24) is 15.2 Å². The van der Waals surface area contributed by atoms with Gasteiger partial charge in [-0.2, -0.15) is 13.2 Å². The molecule has 4 rings (SSSR count). The Bertz CT molecular complexity index is 1390. The van der Waals surface area contributed by atoms with E-state index in [-0.39, 0.29) is 36.6 Å². The van der Waals surface area contributed by atoms with Crippen LogP contribution in [0.2, 0.25) is 0 Å². The van der Waals surface area contributed by atoms with E-state index in [1.807, 2.05) is 19.1 Å². The van der Waals surface area contributed by atoms with E-state index in [0.717, 1.165) is 17.7 Å². The molecule has 1 aliphatic heterocycles. The van der Waals surface area contributed by atoms with Gasteiger partial charge in [-0.3, -0.25) is 14.7 Å². The van der Waals surface area contributed by atoms with Gasteiger partial charge in [0.1, 0.15) is 11.9 Å². The number of aromatic nitrogens is 1. The predicted molar refractivity (Wildman–Crippen MR) is 157 cm³/mol. The average molecular weight is 600 g/mol. The lowest BCUT2D eigenvalue weighted by molar-refractivity contribution is -0.137. The molecule has 12 heteroatoms. The number of ether oxygens (including phenoxy) is 1. The number of aliphatic hydroxyl groups excluding tert-OH is 1. The zero-order valence-electron chi connectivity index (χ0n) is 24.3. The Labute approximate surface area is 248 Å². The normalized spacial score (nSPS) is 18.0. The van der Waals surface area contributed by atoms with Crippen LogP contribution in [0.25, 0.3) is 0 Å². The molecule has 43 heavy (non-hydrogen) atoms. The van der Waals surface area contributed by atoms with Crippen LogP contribution in [0.4, 0.5) is 29.3 Å². The number of amides is 3. The number of aliphatic hydroxyl groups is 1. The largest absolute Gasteiger partial charge is 0.488 e. The molecular formula is C31H36F3N5O4. The number of pyridine rings is 1. The quantitative estimate of drug-likeness (QED) is 0.347. The molecule has 3 atom stereocenters. The van der Waals surface area contributed by atoms with Gasteiger partial charge in [0.2, 0.25) is 5.91 Å². The molecule has 1 aromatic heterocycles. The number of urea groups is 1. The minimum Gasteiger partial charge on any atom is -0.488 e. The smallest absolute Gasteiger partial charge is 0.416 e. The third kappa shape index (κ3) is 8.23. The van der Waals surface area contributed by atoms with Crippen molar-refractivity contribution in [3.8, 4) is 5.75 Å². The summed E-state index contributed by atoms with van der Waals surface area (Å²) in [6, 6.07) is 12.1. The lowest BCUT2D eigenvalue weighted by Crippen LogP contribution is -2.47. The van der Waals surface area contributed by atoms with Gasteiger partial charge in [-0.25, -0.2) is 4.79 Å². The molecule has 0 spiro atoms. The van der Waals surface area contributed by atoms with Crippen LogP contribution >= 0.6 is 0 Å². The van der Waals surface area contributed by atoms with E-state index in [1.165, 1.54) is 24.1 Å². The number of rotatable bonds is 8. The molecule has 230 valence electrons. The van der Waals surface area contributed by atoms with Gasteiger partial charge in [0, 0.05) is 61.9 Å². The molecule has 1 aliphatic rings. The third-order valence-corrected chi connectivity index (χ3v) is 7.48. The van der Waals surface area contributed by atoms with Gasteiger partial charge < -0.3 is 25.4 Å². The topological polar surface area (TPSA) is 107 Å². The summed E-state index contributed by atoms with van der Waals surface area (Å²) in [7, 11) is 1.52. The van der Waals surface area contributed by atoms with Gasteiger partial charge in [-0.15, -0.1) is 0 Å². The number of fused-ring (bicyclic) bond motifs is 1. The average Bonchev–Trinajstić information content (AvgIpc) is 3.03. The second-order valence-electron chi connectivity index (χ2n) is 10.7. The number of hydrogen-bond acceptors (Lipinski definition) is 6. The van der Waals surface area contributed by atoms with E-state index in [9.17, 15) is 27.9 Å². The summed E-state index contributed by atoms with van der Waals surface area (Å²) in [5.41, 5.74) is 1.49. The van der Waals surface area contributed by atoms with Crippen LogP contribution in [0, 0.1) is 5.92 Å². The maximum absolute atomic E-state index is 13.5. The van der Waals surface area contributed by atoms with Crippen molar-refractivity contribution in [2.75, 3.05) is 37.0 Å². The maximum atomic E-state index is 13.5. The summed E-state index contributed by atoms with van der Waals surface area (Å²) < 4.78 is 45.2. The van der Waals surface area contributed by atoms with Gasteiger partial charge in [0.25, 0.3) is 0 Å². The molecule has 3 N–H and O–H groups in total. The van der Waals surface area contributed by atoms with Gasteiger partial charge in [-0.05, 0) is 67.1 Å². The molecule has 3 unspecified atom stereocenters. The number of halogens is 3. The van der Waals surface area contributed by atoms with E-state index < -0.39 is 23.8 Å². The molecule has 3 amide bonds. The molecule has 0 aliphatic carbocycles. The molecule has 0 fully saturated rings. The predicted octanol–water partition coefficient (Wildman–Crippen LogP) is 4.71. The van der Waals surface area contributed by atoms with E-state index in [1.54, 1.807) is 42.4 Å². The summed E-state index contributed by atoms with van der Waals surface area (Å²) in [6.45, 7) is 5.09. The lowest BCUT2D eigenvalue weighted by Gasteiger charge is -2.32. The first-order valence-corrected chi connectivity index (χ1v) is 14.0. The highest BCUT2D eigenvalue weighted by Crippen LogP contribution is 2.31. The van der Waals surface area contributed by atoms with Crippen molar-refractivity contribution in [1.29, 1.82) is 0 Å². The summed E-state index contributed by atoms with van der Waals surface area (Å²) in [5.74, 6) is 0.248. The van der Waals surface area contributed by atoms with Gasteiger partial charge in [0.05, 0.1) is 24.6 Å². The van der Waals surface area contributed by atoms with Gasteiger partial charge in [0.15, 0.2) is 0 Å². The minimum atomic E-state index is -4.48. The lowest BCUT2D eigenvalue weighted by atomic mass is 10.0. The number of benzene rings is 2. The van der Waals surface area contributed by atoms with Crippen molar-refractivity contribution >= 4 is 23.3 Å². The number of anilines is 2. The number of carbonyl (C=O) groups is 2. The Hall–Kier alpha value is -4.16. The Morgan fingerprint density at radius 1 is 1.16 bits per heavy atom. The highest BCUT2D eigenvalue weighted by Gasteiger charge is 2.31. The van der Waals surface area contributed by atoms with Gasteiger partial charge in [-0.1, -0.05) is 6.92 Å². The minimum absolute atomic E-state index is 0.00817. The molecule has 9 nitrogen and oxygen atoms in total. The van der Waals surface area contributed by atoms with Crippen LogP contribution in [0.3, 0.4) is 0 Å². The summed E-state index contributed by atoms with van der Waals surface area (Å²) >= 11 is 0. The fraction of sp³-hybridized carbons (Fsp3) is 0.387. The third-order valence-electron chi connectivity index (χ3n) is 7.48. The monoisotopic (exact) mass is 599 g/mol. The number of hydrogen-bond donors (Lipinski definition) is 3. The van der Waals surface area contributed by atoms with E-state index in [0.29, 0.717) is 36.6 Å². The van der Waals surface area contributed by atoms with Crippen LogP contribution in [0.5, 0.6) is 5.75 Å². The summed E-state index contributed by atoms with van der Waals surface area (Å²) in [4.78, 5) is 33.4. The Morgan fingerprint density at radius 3 is 2.51 bits per heavy atom. The highest BCUT2D eigenvalue weighted by atomic mass is 19.4. The van der Waals surface area contributed by atoms with Crippen molar-refractivity contribution in [2.24, 2.45) is 5.92 Å².